The minimum atomic E-state index is -1.36. The summed E-state index contributed by atoms with van der Waals surface area (Å²) in [6.07, 6.45) is 2.18. The number of nitrogens with zero attached hydrogens (tertiary/aromatic N) is 3. The first-order chi connectivity index (χ1) is 32.8. The third-order valence-electron chi connectivity index (χ3n) is 11.8. The molecule has 10 amide bonds. The number of carbonyl (C=O) groups is 10. The molecule has 0 bridgehead atoms. The highest BCUT2D eigenvalue weighted by molar-refractivity contribution is 5.98. The number of amides is 10. The van der Waals surface area contributed by atoms with Gasteiger partial charge in [0.15, 0.2) is 5.96 Å². The van der Waals surface area contributed by atoms with Gasteiger partial charge in [0, 0.05) is 32.6 Å². The van der Waals surface area contributed by atoms with E-state index in [1.807, 2.05) is 0 Å². The Morgan fingerprint density at radius 3 is 1.77 bits per heavy atom. The molecule has 0 aromatic heterocycles. The first-order valence-corrected chi connectivity index (χ1v) is 22.6. The fraction of sp³-hybridized carbons (Fsp3) is 0.595. The van der Waals surface area contributed by atoms with Crippen molar-refractivity contribution in [2.75, 3.05) is 59.0 Å². The van der Waals surface area contributed by atoms with Gasteiger partial charge in [0.1, 0.15) is 48.0 Å². The highest BCUT2D eigenvalue weighted by atomic mass is 16.3. The standard InChI is InChI=1S/C42H64N14O13/c43-25(21-57)39(67)56-16-4-8-31(56)41(69)55-15-3-7-30(55)38(66)52-26(5-1-13-47-42(45)46)36(64)53-27(17-23-9-11-24(59)12-10-23)40(68)54-14-2-6-29(54)37(65)50-19-33(61)48-18-32(60)49-20-34(62)51-28(22-58)35(44)63/h9-12,25-31,57-59H,1-8,13-22,43H2,(H2,44,63)(H,48,61)(H,49,60)(H,50,65)(H,51,62)(H,52,66)(H,53,64)(H4,45,46,47)/t25-,26-,27-,28-,29-,30-,31-/m0/s1. The first-order valence-electron chi connectivity index (χ1n) is 22.6. The molecule has 0 spiro atoms. The largest absolute Gasteiger partial charge is 0.508 e. The molecule has 3 saturated heterocycles. The van der Waals surface area contributed by atoms with Crippen LogP contribution in [0.2, 0.25) is 0 Å². The quantitative estimate of drug-likeness (QED) is 0.0260. The average Bonchev–Trinajstić information content (AvgIpc) is 4.14. The zero-order chi connectivity index (χ0) is 50.8. The number of phenols is 1. The van der Waals surface area contributed by atoms with Crippen molar-refractivity contribution < 1.29 is 63.3 Å². The number of aliphatic hydroxyl groups is 2. The summed E-state index contributed by atoms with van der Waals surface area (Å²) in [4.78, 5) is 135. The Morgan fingerprint density at radius 1 is 0.638 bits per heavy atom. The maximum atomic E-state index is 14.4. The van der Waals surface area contributed by atoms with E-state index in [0.717, 1.165) is 0 Å². The lowest BCUT2D eigenvalue weighted by atomic mass is 10.0. The molecule has 27 nitrogen and oxygen atoms in total. The molecular weight excluding hydrogens is 909 g/mol. The molecule has 1 aromatic carbocycles. The van der Waals surface area contributed by atoms with Gasteiger partial charge in [-0.2, -0.15) is 0 Å². The average molecular weight is 973 g/mol. The molecule has 3 aliphatic heterocycles. The summed E-state index contributed by atoms with van der Waals surface area (Å²) in [5, 5.41) is 53.2. The van der Waals surface area contributed by atoms with Crippen LogP contribution in [0.4, 0.5) is 0 Å². The summed E-state index contributed by atoms with van der Waals surface area (Å²) in [5.74, 6) is -7.68. The molecule has 380 valence electrons. The Kier molecular flexibility index (Phi) is 20.9. The van der Waals surface area contributed by atoms with Crippen LogP contribution >= 0.6 is 0 Å². The number of carbonyl (C=O) groups excluding carboxylic acids is 10. The summed E-state index contributed by atoms with van der Waals surface area (Å²) in [5.41, 5.74) is 16.8. The van der Waals surface area contributed by atoms with Crippen molar-refractivity contribution in [2.24, 2.45) is 17.2 Å². The zero-order valence-corrected chi connectivity index (χ0v) is 38.1. The molecule has 0 radical (unpaired) electrons. The van der Waals surface area contributed by atoms with Gasteiger partial charge in [-0.1, -0.05) is 12.1 Å². The van der Waals surface area contributed by atoms with Gasteiger partial charge in [-0.15, -0.1) is 0 Å². The summed E-state index contributed by atoms with van der Waals surface area (Å²) in [6.45, 7) is -2.48. The number of phenolic OH excluding ortho intramolecular Hbond substituents is 1. The number of aromatic hydroxyl groups is 1. The van der Waals surface area contributed by atoms with Gasteiger partial charge in [0.2, 0.25) is 59.1 Å². The number of nitrogens with two attached hydrogens (primary N) is 3. The number of aliphatic hydroxyl groups excluding tert-OH is 2. The van der Waals surface area contributed by atoms with E-state index in [2.05, 4.69) is 37.2 Å². The molecule has 3 heterocycles. The fourth-order valence-electron chi connectivity index (χ4n) is 8.20. The summed E-state index contributed by atoms with van der Waals surface area (Å²) >= 11 is 0. The van der Waals surface area contributed by atoms with Crippen LogP contribution in [0.1, 0.15) is 56.9 Å². The van der Waals surface area contributed by atoms with Crippen LogP contribution in [0.5, 0.6) is 5.75 Å². The first kappa shape index (κ1) is 54.5. The van der Waals surface area contributed by atoms with Crippen molar-refractivity contribution in [3.05, 3.63) is 29.8 Å². The van der Waals surface area contributed by atoms with E-state index in [1.165, 1.54) is 39.0 Å². The molecular formula is C42H64N14O13. The monoisotopic (exact) mass is 972 g/mol. The Labute approximate surface area is 396 Å². The number of hydrogen-bond donors (Lipinski definition) is 14. The molecule has 3 aliphatic rings. The maximum Gasteiger partial charge on any atom is 0.246 e. The van der Waals surface area contributed by atoms with Gasteiger partial charge in [-0.05, 0) is 69.1 Å². The molecule has 0 unspecified atom stereocenters. The van der Waals surface area contributed by atoms with Crippen LogP contribution < -0.4 is 54.4 Å². The van der Waals surface area contributed by atoms with E-state index < -0.39 is 134 Å². The van der Waals surface area contributed by atoms with Crippen LogP contribution in [0.3, 0.4) is 0 Å². The van der Waals surface area contributed by atoms with Crippen molar-refractivity contribution in [1.29, 1.82) is 5.41 Å². The van der Waals surface area contributed by atoms with Gasteiger partial charge in [0.25, 0.3) is 0 Å². The normalized spacial score (nSPS) is 19.3. The molecule has 1 aromatic rings. The Bertz CT molecular complexity index is 2060. The van der Waals surface area contributed by atoms with Gasteiger partial charge in [-0.3, -0.25) is 53.4 Å². The SMILES string of the molecule is N=C(N)NCCC[C@H](NC(=O)[C@@H]1CCCN1C(=O)[C@@H]1CCCN1C(=O)[C@@H](N)CO)C(=O)N[C@@H](Cc1ccc(O)cc1)C(=O)N1CCC[C@H]1C(=O)NCC(=O)NCC(=O)NCC(=O)N[C@@H](CO)C(N)=O. The molecule has 0 aliphatic carbocycles. The van der Waals surface area contributed by atoms with Crippen LogP contribution in [0.15, 0.2) is 24.3 Å². The van der Waals surface area contributed by atoms with Crippen LogP contribution in [0.25, 0.3) is 0 Å². The molecule has 27 heteroatoms. The topological polar surface area (TPSA) is 427 Å². The van der Waals surface area contributed by atoms with Crippen molar-refractivity contribution >= 4 is 65.0 Å². The number of benzene rings is 1. The van der Waals surface area contributed by atoms with E-state index in [1.54, 1.807) is 0 Å². The summed E-state index contributed by atoms with van der Waals surface area (Å²) < 4.78 is 0. The van der Waals surface area contributed by atoms with Crippen molar-refractivity contribution in [3.63, 3.8) is 0 Å². The minimum Gasteiger partial charge on any atom is -0.508 e. The molecule has 3 fully saturated rings. The Morgan fingerprint density at radius 2 is 1.19 bits per heavy atom. The number of nitrogens with one attached hydrogen (secondary N) is 8. The van der Waals surface area contributed by atoms with Gasteiger partial charge < -0.3 is 84.4 Å². The number of primary amides is 1. The number of rotatable bonds is 24. The number of hydrogen-bond acceptors (Lipinski definition) is 15. The summed E-state index contributed by atoms with van der Waals surface area (Å²) in [7, 11) is 0. The van der Waals surface area contributed by atoms with E-state index in [9.17, 15) is 58.2 Å². The second-order valence-corrected chi connectivity index (χ2v) is 16.8. The molecule has 0 saturated carbocycles. The van der Waals surface area contributed by atoms with E-state index in [-0.39, 0.29) is 70.0 Å². The second kappa shape index (κ2) is 26.4. The van der Waals surface area contributed by atoms with Crippen LogP contribution in [0, 0.1) is 5.41 Å². The smallest absolute Gasteiger partial charge is 0.246 e. The van der Waals surface area contributed by atoms with Crippen molar-refractivity contribution in [3.8, 4) is 5.75 Å². The lowest BCUT2D eigenvalue weighted by molar-refractivity contribution is -0.147. The van der Waals surface area contributed by atoms with Gasteiger partial charge in [0.05, 0.1) is 32.8 Å². The molecule has 17 N–H and O–H groups in total. The lowest BCUT2D eigenvalue weighted by Gasteiger charge is -2.33. The zero-order valence-electron chi connectivity index (χ0n) is 38.1. The van der Waals surface area contributed by atoms with Gasteiger partial charge in [-0.25, -0.2) is 0 Å². The van der Waals surface area contributed by atoms with Crippen LogP contribution in [-0.4, -0.2) is 196 Å². The summed E-state index contributed by atoms with van der Waals surface area (Å²) in [6, 6.07) is -2.34. The highest BCUT2D eigenvalue weighted by Crippen LogP contribution is 2.26. The minimum absolute atomic E-state index is 0.0155. The lowest BCUT2D eigenvalue weighted by Crippen LogP contribution is -2.59. The van der Waals surface area contributed by atoms with Crippen LogP contribution in [-0.2, 0) is 54.4 Å². The fourth-order valence-corrected chi connectivity index (χ4v) is 8.20. The maximum absolute atomic E-state index is 14.4. The highest BCUT2D eigenvalue weighted by Gasteiger charge is 2.44. The Hall–Kier alpha value is -7.13. The third kappa shape index (κ3) is 16.0. The third-order valence-corrected chi connectivity index (χ3v) is 11.8. The van der Waals surface area contributed by atoms with E-state index in [0.29, 0.717) is 31.2 Å². The number of guanidine groups is 1. The molecule has 7 atom stereocenters. The predicted octanol–water partition coefficient (Wildman–Crippen LogP) is -7.23. The van der Waals surface area contributed by atoms with E-state index >= 15 is 0 Å². The second-order valence-electron chi connectivity index (χ2n) is 16.8. The Balaban J connectivity index is 1.44. The number of likely N-dealkylation sites (tertiary alicyclic amines) is 3. The predicted molar refractivity (Wildman–Crippen MR) is 241 cm³/mol. The molecule has 4 rings (SSSR count). The van der Waals surface area contributed by atoms with Crippen molar-refractivity contribution in [2.45, 2.75) is 100 Å². The van der Waals surface area contributed by atoms with Gasteiger partial charge >= 0.3 is 0 Å². The molecule has 69 heavy (non-hydrogen) atoms. The van der Waals surface area contributed by atoms with E-state index in [4.69, 9.17) is 27.7 Å². The van der Waals surface area contributed by atoms with Crippen molar-refractivity contribution in [1.82, 2.24) is 51.9 Å².